The average Bonchev–Trinajstić information content (AvgIpc) is 3.31. The van der Waals surface area contributed by atoms with E-state index in [1.807, 2.05) is 65.3 Å². The molecule has 1 aliphatic heterocycles. The van der Waals surface area contributed by atoms with E-state index in [1.165, 1.54) is 0 Å². The van der Waals surface area contributed by atoms with Crippen molar-refractivity contribution in [1.29, 1.82) is 0 Å². The molecular formula is C19H21N5O. The molecule has 1 atom stereocenters. The van der Waals surface area contributed by atoms with E-state index in [-0.39, 0.29) is 5.91 Å². The number of piperidine rings is 1. The van der Waals surface area contributed by atoms with Gasteiger partial charge in [0.1, 0.15) is 5.69 Å². The van der Waals surface area contributed by atoms with Gasteiger partial charge in [-0.3, -0.25) is 14.6 Å². The number of benzene rings is 1. The summed E-state index contributed by atoms with van der Waals surface area (Å²) in [6.45, 7) is 1.48. The monoisotopic (exact) mass is 335 g/mol. The van der Waals surface area contributed by atoms with E-state index in [0.29, 0.717) is 18.2 Å². The van der Waals surface area contributed by atoms with Crippen LogP contribution in [0.15, 0.2) is 48.7 Å². The lowest BCUT2D eigenvalue weighted by Crippen LogP contribution is -2.39. The fourth-order valence-electron chi connectivity index (χ4n) is 3.41. The third kappa shape index (κ3) is 3.20. The van der Waals surface area contributed by atoms with Gasteiger partial charge in [-0.05, 0) is 25.0 Å². The number of carbonyl (C=O) groups is 1. The van der Waals surface area contributed by atoms with Crippen molar-refractivity contribution >= 4 is 5.91 Å². The Kier molecular flexibility index (Phi) is 4.09. The molecule has 1 saturated heterocycles. The van der Waals surface area contributed by atoms with E-state index in [0.717, 1.165) is 36.3 Å². The Morgan fingerprint density at radius 1 is 1.24 bits per heavy atom. The number of aromatic amines is 1. The van der Waals surface area contributed by atoms with Crippen molar-refractivity contribution in [3.05, 3.63) is 60.0 Å². The number of likely N-dealkylation sites (tertiary alicyclic amines) is 1. The summed E-state index contributed by atoms with van der Waals surface area (Å²) < 4.78 is 1.82. The van der Waals surface area contributed by atoms with E-state index in [1.54, 1.807) is 0 Å². The second kappa shape index (κ2) is 6.55. The predicted octanol–water partition coefficient (Wildman–Crippen LogP) is 2.83. The maximum absolute atomic E-state index is 12.9. The number of carbonyl (C=O) groups excluding carboxylic acids is 1. The maximum atomic E-state index is 12.9. The van der Waals surface area contributed by atoms with Gasteiger partial charge in [0.05, 0.1) is 11.4 Å². The number of nitrogens with one attached hydrogen (secondary N) is 1. The summed E-state index contributed by atoms with van der Waals surface area (Å²) in [7, 11) is 1.92. The molecule has 3 heterocycles. The Labute approximate surface area is 146 Å². The molecule has 25 heavy (non-hydrogen) atoms. The molecule has 0 bridgehead atoms. The topological polar surface area (TPSA) is 66.8 Å². The van der Waals surface area contributed by atoms with E-state index < -0.39 is 0 Å². The van der Waals surface area contributed by atoms with Crippen molar-refractivity contribution in [2.45, 2.75) is 18.8 Å². The quantitative estimate of drug-likeness (QED) is 0.800. The SMILES string of the molecule is Cn1ccc([C@H]2CCCN(C(=O)c3cc(-c4ccccc4)n[nH]3)C2)n1. The Morgan fingerprint density at radius 3 is 2.84 bits per heavy atom. The van der Waals surface area contributed by atoms with Crippen molar-refractivity contribution in [2.75, 3.05) is 13.1 Å². The second-order valence-electron chi connectivity index (χ2n) is 6.54. The molecule has 0 unspecified atom stereocenters. The summed E-state index contributed by atoms with van der Waals surface area (Å²) in [5, 5.41) is 11.7. The fourth-order valence-corrected chi connectivity index (χ4v) is 3.41. The minimum absolute atomic E-state index is 0.00955. The smallest absolute Gasteiger partial charge is 0.271 e. The minimum atomic E-state index is 0.00955. The van der Waals surface area contributed by atoms with Crippen LogP contribution in [0.5, 0.6) is 0 Å². The van der Waals surface area contributed by atoms with E-state index >= 15 is 0 Å². The summed E-state index contributed by atoms with van der Waals surface area (Å²) >= 11 is 0. The first kappa shape index (κ1) is 15.6. The number of nitrogens with zero attached hydrogens (tertiary/aromatic N) is 4. The van der Waals surface area contributed by atoms with E-state index in [9.17, 15) is 4.79 Å². The molecule has 0 spiro atoms. The van der Waals surface area contributed by atoms with Crippen LogP contribution >= 0.6 is 0 Å². The summed E-state index contributed by atoms with van der Waals surface area (Å²) in [6, 6.07) is 13.8. The zero-order valence-corrected chi connectivity index (χ0v) is 14.2. The van der Waals surface area contributed by atoms with Crippen LogP contribution in [-0.4, -0.2) is 43.9 Å². The molecule has 1 aliphatic rings. The first-order valence-corrected chi connectivity index (χ1v) is 8.60. The van der Waals surface area contributed by atoms with Crippen LogP contribution in [0.1, 0.15) is 34.9 Å². The molecule has 3 aromatic rings. The molecule has 2 aromatic heterocycles. The third-order valence-corrected chi connectivity index (χ3v) is 4.74. The van der Waals surface area contributed by atoms with E-state index in [4.69, 9.17) is 0 Å². The highest BCUT2D eigenvalue weighted by Crippen LogP contribution is 2.27. The van der Waals surface area contributed by atoms with Crippen molar-refractivity contribution in [1.82, 2.24) is 24.9 Å². The summed E-state index contributed by atoms with van der Waals surface area (Å²) in [5.74, 6) is 0.311. The first-order chi connectivity index (χ1) is 12.2. The van der Waals surface area contributed by atoms with Crippen molar-refractivity contribution in [2.24, 2.45) is 7.05 Å². The lowest BCUT2D eigenvalue weighted by atomic mass is 9.95. The highest BCUT2D eigenvalue weighted by atomic mass is 16.2. The molecular weight excluding hydrogens is 314 g/mol. The van der Waals surface area contributed by atoms with Crippen LogP contribution in [-0.2, 0) is 7.05 Å². The highest BCUT2D eigenvalue weighted by molar-refractivity contribution is 5.93. The highest BCUT2D eigenvalue weighted by Gasteiger charge is 2.27. The zero-order valence-electron chi connectivity index (χ0n) is 14.2. The Hall–Kier alpha value is -2.89. The second-order valence-corrected chi connectivity index (χ2v) is 6.54. The average molecular weight is 335 g/mol. The summed E-state index contributed by atoms with van der Waals surface area (Å²) in [6.07, 6.45) is 4.02. The van der Waals surface area contributed by atoms with Crippen LogP contribution in [0, 0.1) is 0 Å². The minimum Gasteiger partial charge on any atom is -0.337 e. The lowest BCUT2D eigenvalue weighted by Gasteiger charge is -2.31. The van der Waals surface area contributed by atoms with Gasteiger partial charge >= 0.3 is 0 Å². The number of amides is 1. The number of rotatable bonds is 3. The lowest BCUT2D eigenvalue weighted by molar-refractivity contribution is 0.0699. The number of hydrogen-bond donors (Lipinski definition) is 1. The van der Waals surface area contributed by atoms with Crippen LogP contribution in [0.2, 0.25) is 0 Å². The molecule has 1 aromatic carbocycles. The number of aromatic nitrogens is 4. The fraction of sp³-hybridized carbons (Fsp3) is 0.316. The largest absolute Gasteiger partial charge is 0.337 e. The molecule has 6 heteroatoms. The van der Waals surface area contributed by atoms with Gasteiger partial charge in [-0.2, -0.15) is 10.2 Å². The summed E-state index contributed by atoms with van der Waals surface area (Å²) in [5.41, 5.74) is 3.40. The molecule has 4 rings (SSSR count). The van der Waals surface area contributed by atoms with Gasteiger partial charge in [-0.25, -0.2) is 0 Å². The standard InChI is InChI=1S/C19H21N5O/c1-23-11-9-16(22-23)15-8-5-10-24(13-15)19(25)18-12-17(20-21-18)14-6-3-2-4-7-14/h2-4,6-7,9,11-12,15H,5,8,10,13H2,1H3,(H,20,21)/t15-/m0/s1. The number of H-pyrrole nitrogens is 1. The molecule has 0 aliphatic carbocycles. The van der Waals surface area contributed by atoms with Gasteiger partial charge in [-0.15, -0.1) is 0 Å². The van der Waals surface area contributed by atoms with Crippen molar-refractivity contribution < 1.29 is 4.79 Å². The van der Waals surface area contributed by atoms with Crippen LogP contribution < -0.4 is 0 Å². The van der Waals surface area contributed by atoms with Crippen LogP contribution in [0.4, 0.5) is 0 Å². The van der Waals surface area contributed by atoms with Crippen LogP contribution in [0.25, 0.3) is 11.3 Å². The van der Waals surface area contributed by atoms with E-state index in [2.05, 4.69) is 15.3 Å². The zero-order chi connectivity index (χ0) is 17.2. The van der Waals surface area contributed by atoms with Crippen LogP contribution in [0.3, 0.4) is 0 Å². The Bertz CT molecular complexity index is 867. The maximum Gasteiger partial charge on any atom is 0.271 e. The molecule has 128 valence electrons. The third-order valence-electron chi connectivity index (χ3n) is 4.74. The molecule has 0 radical (unpaired) electrons. The Balaban J connectivity index is 1.50. The van der Waals surface area contributed by atoms with Gasteiger partial charge in [0.2, 0.25) is 0 Å². The van der Waals surface area contributed by atoms with Gasteiger partial charge in [0.25, 0.3) is 5.91 Å². The molecule has 6 nitrogen and oxygen atoms in total. The first-order valence-electron chi connectivity index (χ1n) is 8.60. The Morgan fingerprint density at radius 2 is 2.08 bits per heavy atom. The molecule has 1 N–H and O–H groups in total. The number of aryl methyl sites for hydroxylation is 1. The van der Waals surface area contributed by atoms with Crippen molar-refractivity contribution in [3.63, 3.8) is 0 Å². The van der Waals surface area contributed by atoms with Crippen molar-refractivity contribution in [3.8, 4) is 11.3 Å². The predicted molar refractivity (Wildman–Crippen MR) is 95.1 cm³/mol. The molecule has 1 fully saturated rings. The molecule has 1 amide bonds. The van der Waals surface area contributed by atoms with Gasteiger partial charge in [0.15, 0.2) is 0 Å². The summed E-state index contributed by atoms with van der Waals surface area (Å²) in [4.78, 5) is 14.8. The normalized spacial score (nSPS) is 17.6. The van der Waals surface area contributed by atoms with Gasteiger partial charge < -0.3 is 4.90 Å². The van der Waals surface area contributed by atoms with Gasteiger partial charge in [0, 0.05) is 37.8 Å². The van der Waals surface area contributed by atoms with Gasteiger partial charge in [-0.1, -0.05) is 30.3 Å². The molecule has 0 saturated carbocycles. The number of hydrogen-bond acceptors (Lipinski definition) is 3.